The van der Waals surface area contributed by atoms with Gasteiger partial charge in [0.05, 0.1) is 0 Å². The number of hydrogen-bond acceptors (Lipinski definition) is 1. The SMILES string of the molecule is FC(F)Sc1ccccc1CBr. The number of alkyl halides is 3. The second-order valence-corrected chi connectivity index (χ2v) is 3.71. The van der Waals surface area contributed by atoms with Gasteiger partial charge in [-0.15, -0.1) is 0 Å². The van der Waals surface area contributed by atoms with Gasteiger partial charge in [0.25, 0.3) is 5.76 Å². The third-order valence-corrected chi connectivity index (χ3v) is 2.77. The molecule has 0 saturated carbocycles. The Hall–Kier alpha value is -0.0900. The van der Waals surface area contributed by atoms with E-state index in [0.29, 0.717) is 22.0 Å². The lowest BCUT2D eigenvalue weighted by Crippen LogP contribution is -1.86. The van der Waals surface area contributed by atoms with Crippen molar-refractivity contribution in [2.45, 2.75) is 16.0 Å². The van der Waals surface area contributed by atoms with Crippen molar-refractivity contribution in [3.05, 3.63) is 29.8 Å². The highest BCUT2D eigenvalue weighted by Gasteiger charge is 2.07. The molecule has 0 spiro atoms. The molecule has 0 bridgehead atoms. The number of thioether (sulfide) groups is 1. The van der Waals surface area contributed by atoms with Crippen LogP contribution >= 0.6 is 27.7 Å². The van der Waals surface area contributed by atoms with Crippen molar-refractivity contribution in [2.75, 3.05) is 0 Å². The molecule has 0 heterocycles. The van der Waals surface area contributed by atoms with Gasteiger partial charge in [-0.1, -0.05) is 45.9 Å². The van der Waals surface area contributed by atoms with Crippen molar-refractivity contribution in [1.82, 2.24) is 0 Å². The minimum atomic E-state index is -2.34. The van der Waals surface area contributed by atoms with Gasteiger partial charge in [0.1, 0.15) is 0 Å². The van der Waals surface area contributed by atoms with Crippen LogP contribution in [0.25, 0.3) is 0 Å². The first kappa shape index (κ1) is 9.99. The minimum absolute atomic E-state index is 0.586. The molecule has 12 heavy (non-hydrogen) atoms. The number of rotatable bonds is 3. The van der Waals surface area contributed by atoms with Gasteiger partial charge in [-0.3, -0.25) is 0 Å². The summed E-state index contributed by atoms with van der Waals surface area (Å²) < 4.78 is 24.0. The molecule has 4 heteroatoms. The number of benzene rings is 1. The van der Waals surface area contributed by atoms with Crippen LogP contribution in [0.4, 0.5) is 8.78 Å². The fourth-order valence-corrected chi connectivity index (χ4v) is 2.14. The normalized spacial score (nSPS) is 10.7. The van der Waals surface area contributed by atoms with E-state index in [-0.39, 0.29) is 0 Å². The molecule has 0 saturated heterocycles. The first-order valence-corrected chi connectivity index (χ1v) is 5.33. The average Bonchev–Trinajstić information content (AvgIpc) is 2.04. The van der Waals surface area contributed by atoms with E-state index in [1.807, 2.05) is 12.1 Å². The van der Waals surface area contributed by atoms with Crippen LogP contribution in [0.1, 0.15) is 5.56 Å². The molecule has 0 aliphatic heterocycles. The lowest BCUT2D eigenvalue weighted by Gasteiger charge is -2.04. The second-order valence-electron chi connectivity index (χ2n) is 2.12. The Morgan fingerprint density at radius 1 is 1.33 bits per heavy atom. The van der Waals surface area contributed by atoms with Crippen molar-refractivity contribution >= 4 is 27.7 Å². The van der Waals surface area contributed by atoms with Gasteiger partial charge in [0.15, 0.2) is 0 Å². The third-order valence-electron chi connectivity index (χ3n) is 1.33. The Bertz CT molecular complexity index is 253. The molecule has 1 aromatic carbocycles. The average molecular weight is 253 g/mol. The molecule has 1 rings (SSSR count). The van der Waals surface area contributed by atoms with Crippen molar-refractivity contribution < 1.29 is 8.78 Å². The molecular weight excluding hydrogens is 246 g/mol. The smallest absolute Gasteiger partial charge is 0.198 e. The van der Waals surface area contributed by atoms with Gasteiger partial charge >= 0.3 is 0 Å². The third kappa shape index (κ3) is 2.75. The highest BCUT2D eigenvalue weighted by molar-refractivity contribution is 9.08. The summed E-state index contributed by atoms with van der Waals surface area (Å²) in [7, 11) is 0. The minimum Gasteiger partial charge on any atom is -0.198 e. The van der Waals surface area contributed by atoms with Crippen LogP contribution in [-0.2, 0) is 5.33 Å². The molecule has 0 atom stereocenters. The first-order valence-electron chi connectivity index (χ1n) is 3.32. The first-order chi connectivity index (χ1) is 5.74. The summed E-state index contributed by atoms with van der Waals surface area (Å²) in [5, 5.41) is 0.614. The molecule has 1 aromatic rings. The molecule has 0 aliphatic carbocycles. The predicted molar refractivity (Wildman–Crippen MR) is 50.9 cm³/mol. The van der Waals surface area contributed by atoms with Gasteiger partial charge in [-0.25, -0.2) is 0 Å². The molecule has 66 valence electrons. The summed E-state index contributed by atoms with van der Waals surface area (Å²) in [4.78, 5) is 0.643. The van der Waals surface area contributed by atoms with E-state index in [4.69, 9.17) is 0 Å². The van der Waals surface area contributed by atoms with Crippen molar-refractivity contribution in [3.63, 3.8) is 0 Å². The maximum absolute atomic E-state index is 12.0. The van der Waals surface area contributed by atoms with Gasteiger partial charge in [-0.2, -0.15) is 8.78 Å². The zero-order valence-electron chi connectivity index (χ0n) is 6.14. The monoisotopic (exact) mass is 252 g/mol. The van der Waals surface area contributed by atoms with Crippen LogP contribution in [0.15, 0.2) is 29.2 Å². The standard InChI is InChI=1S/C8H7BrF2S/c9-5-6-3-1-2-4-7(6)12-8(10)11/h1-4,8H,5H2. The van der Waals surface area contributed by atoms with Crippen LogP contribution in [0.2, 0.25) is 0 Å². The van der Waals surface area contributed by atoms with Gasteiger partial charge < -0.3 is 0 Å². The Labute approximate surface area is 82.5 Å². The topological polar surface area (TPSA) is 0 Å². The predicted octanol–water partition coefficient (Wildman–Crippen LogP) is 3.90. The highest BCUT2D eigenvalue weighted by Crippen LogP contribution is 2.29. The Morgan fingerprint density at radius 2 is 2.00 bits per heavy atom. The molecule has 0 aliphatic rings. The van der Waals surface area contributed by atoms with E-state index in [1.165, 1.54) is 0 Å². The maximum atomic E-state index is 12.0. The van der Waals surface area contributed by atoms with Crippen LogP contribution in [-0.4, -0.2) is 5.76 Å². The fraction of sp³-hybridized carbons (Fsp3) is 0.250. The van der Waals surface area contributed by atoms with Gasteiger partial charge in [-0.05, 0) is 11.6 Å². The van der Waals surface area contributed by atoms with E-state index in [1.54, 1.807) is 12.1 Å². The van der Waals surface area contributed by atoms with Crippen molar-refractivity contribution in [2.24, 2.45) is 0 Å². The Kier molecular flexibility index (Phi) is 4.01. The fourth-order valence-electron chi connectivity index (χ4n) is 0.825. The summed E-state index contributed by atoms with van der Waals surface area (Å²) in [6.45, 7) is 0. The van der Waals surface area contributed by atoms with Crippen molar-refractivity contribution in [3.8, 4) is 0 Å². The quantitative estimate of drug-likeness (QED) is 0.581. The zero-order chi connectivity index (χ0) is 8.97. The lowest BCUT2D eigenvalue weighted by molar-refractivity contribution is 0.252. The van der Waals surface area contributed by atoms with Gasteiger partial charge in [0.2, 0.25) is 0 Å². The number of halogens is 3. The molecule has 0 N–H and O–H groups in total. The molecule has 0 aromatic heterocycles. The molecule has 0 fully saturated rings. The highest BCUT2D eigenvalue weighted by atomic mass is 79.9. The van der Waals surface area contributed by atoms with E-state index < -0.39 is 5.76 Å². The zero-order valence-corrected chi connectivity index (χ0v) is 8.54. The van der Waals surface area contributed by atoms with Crippen LogP contribution in [0.5, 0.6) is 0 Å². The summed E-state index contributed by atoms with van der Waals surface area (Å²) >= 11 is 3.83. The summed E-state index contributed by atoms with van der Waals surface area (Å²) in [6.07, 6.45) is 0. The Balaban J connectivity index is 2.82. The van der Waals surface area contributed by atoms with E-state index in [2.05, 4.69) is 15.9 Å². The summed E-state index contributed by atoms with van der Waals surface area (Å²) in [5.74, 6) is -2.34. The summed E-state index contributed by atoms with van der Waals surface area (Å²) in [5.41, 5.74) is 0.905. The lowest BCUT2D eigenvalue weighted by atomic mass is 10.2. The number of hydrogen-bond donors (Lipinski definition) is 0. The largest absolute Gasteiger partial charge is 0.288 e. The molecular formula is C8H7BrF2S. The van der Waals surface area contributed by atoms with Crippen LogP contribution < -0.4 is 0 Å². The molecule has 0 nitrogen and oxygen atoms in total. The second kappa shape index (κ2) is 4.82. The molecule has 0 radical (unpaired) electrons. The van der Waals surface area contributed by atoms with E-state index in [0.717, 1.165) is 5.56 Å². The van der Waals surface area contributed by atoms with Crippen LogP contribution in [0.3, 0.4) is 0 Å². The summed E-state index contributed by atoms with van der Waals surface area (Å²) in [6, 6.07) is 7.13. The molecule has 0 unspecified atom stereocenters. The Morgan fingerprint density at radius 3 is 2.58 bits per heavy atom. The molecule has 0 amide bonds. The van der Waals surface area contributed by atoms with E-state index >= 15 is 0 Å². The van der Waals surface area contributed by atoms with Gasteiger partial charge in [0, 0.05) is 10.2 Å². The van der Waals surface area contributed by atoms with Crippen molar-refractivity contribution in [1.29, 1.82) is 0 Å². The maximum Gasteiger partial charge on any atom is 0.288 e. The van der Waals surface area contributed by atoms with E-state index in [9.17, 15) is 8.78 Å². The van der Waals surface area contributed by atoms with Crippen LogP contribution in [0, 0.1) is 0 Å².